The molecule has 8 nitrogen and oxygen atoms in total. The third-order valence-electron chi connectivity index (χ3n) is 2.55. The fourth-order valence-corrected chi connectivity index (χ4v) is 1.54. The van der Waals surface area contributed by atoms with E-state index in [-0.39, 0.29) is 25.1 Å². The van der Waals surface area contributed by atoms with Gasteiger partial charge in [0.05, 0.1) is 6.54 Å². The summed E-state index contributed by atoms with van der Waals surface area (Å²) in [6.45, 7) is 4.41. The van der Waals surface area contributed by atoms with Gasteiger partial charge in [-0.1, -0.05) is 5.16 Å². The first kappa shape index (κ1) is 14.2. The molecule has 1 N–H and O–H groups in total. The Morgan fingerprint density at radius 3 is 3.00 bits per heavy atom. The first-order valence-electron chi connectivity index (χ1n) is 6.24. The van der Waals surface area contributed by atoms with Gasteiger partial charge in [0.2, 0.25) is 5.89 Å². The van der Waals surface area contributed by atoms with Crippen molar-refractivity contribution in [2.45, 2.75) is 33.0 Å². The zero-order valence-corrected chi connectivity index (χ0v) is 11.7. The monoisotopic (exact) mass is 279 g/mol. The van der Waals surface area contributed by atoms with Crippen molar-refractivity contribution in [1.29, 1.82) is 0 Å². The number of nitrogens with zero attached hydrogens (tertiary/aromatic N) is 4. The van der Waals surface area contributed by atoms with E-state index < -0.39 is 0 Å². The summed E-state index contributed by atoms with van der Waals surface area (Å²) in [6.07, 6.45) is 1.77. The highest BCUT2D eigenvalue weighted by atomic mass is 16.5. The number of hydrogen-bond acceptors (Lipinski definition) is 6. The Morgan fingerprint density at radius 2 is 2.35 bits per heavy atom. The highest BCUT2D eigenvalue weighted by Crippen LogP contribution is 2.04. The maximum absolute atomic E-state index is 11.9. The van der Waals surface area contributed by atoms with Gasteiger partial charge in [-0.25, -0.2) is 0 Å². The number of amides is 1. The van der Waals surface area contributed by atoms with Crippen LogP contribution in [0.15, 0.2) is 16.8 Å². The maximum Gasteiger partial charge on any atom is 0.272 e. The SMILES string of the molecule is COCc1noc(CNC(=O)c2ccn(C(C)C)n2)n1. The van der Waals surface area contributed by atoms with Crippen molar-refractivity contribution in [3.05, 3.63) is 29.7 Å². The Labute approximate surface area is 116 Å². The van der Waals surface area contributed by atoms with Crippen LogP contribution in [0, 0.1) is 0 Å². The van der Waals surface area contributed by atoms with Crippen LogP contribution in [-0.2, 0) is 17.9 Å². The Balaban J connectivity index is 1.90. The Hall–Kier alpha value is -2.22. The number of aromatic nitrogens is 4. The van der Waals surface area contributed by atoms with Crippen molar-refractivity contribution < 1.29 is 14.1 Å². The predicted octanol–water partition coefficient (Wildman–Crippen LogP) is 0.923. The highest BCUT2D eigenvalue weighted by Gasteiger charge is 2.12. The van der Waals surface area contributed by atoms with Crippen LogP contribution in [-0.4, -0.2) is 32.9 Å². The largest absolute Gasteiger partial charge is 0.377 e. The molecule has 0 atom stereocenters. The van der Waals surface area contributed by atoms with Crippen LogP contribution in [0.1, 0.15) is 42.1 Å². The Kier molecular flexibility index (Phi) is 4.46. The quantitative estimate of drug-likeness (QED) is 0.845. The molecule has 0 aliphatic heterocycles. The first-order chi connectivity index (χ1) is 9.60. The second kappa shape index (κ2) is 6.29. The van der Waals surface area contributed by atoms with Crippen LogP contribution in [0.4, 0.5) is 0 Å². The minimum absolute atomic E-state index is 0.157. The van der Waals surface area contributed by atoms with E-state index in [2.05, 4.69) is 20.6 Å². The molecule has 0 saturated carbocycles. The topological polar surface area (TPSA) is 95.1 Å². The first-order valence-corrected chi connectivity index (χ1v) is 6.24. The van der Waals surface area contributed by atoms with Crippen LogP contribution in [0.25, 0.3) is 0 Å². The average Bonchev–Trinajstić information content (AvgIpc) is 3.05. The van der Waals surface area contributed by atoms with E-state index in [1.165, 1.54) is 0 Å². The molecular weight excluding hydrogens is 262 g/mol. The predicted molar refractivity (Wildman–Crippen MR) is 68.8 cm³/mol. The van der Waals surface area contributed by atoms with Crippen LogP contribution in [0.5, 0.6) is 0 Å². The van der Waals surface area contributed by atoms with E-state index >= 15 is 0 Å². The third kappa shape index (κ3) is 3.41. The molecular formula is C12H17N5O3. The molecule has 0 bridgehead atoms. The van der Waals surface area contributed by atoms with Crippen molar-refractivity contribution in [2.75, 3.05) is 7.11 Å². The molecule has 20 heavy (non-hydrogen) atoms. The Morgan fingerprint density at radius 1 is 1.55 bits per heavy atom. The lowest BCUT2D eigenvalue weighted by molar-refractivity contribution is 0.0940. The number of ether oxygens (including phenoxy) is 1. The van der Waals surface area contributed by atoms with E-state index in [0.717, 1.165) is 0 Å². The molecule has 2 heterocycles. The summed E-state index contributed by atoms with van der Waals surface area (Å²) < 4.78 is 11.6. The van der Waals surface area contributed by atoms with Crippen molar-refractivity contribution in [1.82, 2.24) is 25.2 Å². The summed E-state index contributed by atoms with van der Waals surface area (Å²) in [6, 6.07) is 1.88. The molecule has 0 aliphatic carbocycles. The summed E-state index contributed by atoms with van der Waals surface area (Å²) >= 11 is 0. The molecule has 2 aromatic heterocycles. The maximum atomic E-state index is 11.9. The van der Waals surface area contributed by atoms with Gasteiger partial charge in [0.25, 0.3) is 5.91 Å². The smallest absolute Gasteiger partial charge is 0.272 e. The zero-order chi connectivity index (χ0) is 14.5. The van der Waals surface area contributed by atoms with Crippen molar-refractivity contribution in [3.8, 4) is 0 Å². The molecule has 108 valence electrons. The number of carbonyl (C=O) groups is 1. The molecule has 0 spiro atoms. The summed E-state index contributed by atoms with van der Waals surface area (Å²) in [4.78, 5) is 15.9. The van der Waals surface area contributed by atoms with E-state index in [1.54, 1.807) is 24.1 Å². The van der Waals surface area contributed by atoms with Gasteiger partial charge in [-0.2, -0.15) is 10.1 Å². The highest BCUT2D eigenvalue weighted by molar-refractivity contribution is 5.91. The lowest BCUT2D eigenvalue weighted by Crippen LogP contribution is -2.23. The van der Waals surface area contributed by atoms with Crippen LogP contribution < -0.4 is 5.32 Å². The van der Waals surface area contributed by atoms with Crippen LogP contribution in [0.3, 0.4) is 0 Å². The molecule has 8 heteroatoms. The molecule has 0 unspecified atom stereocenters. The minimum Gasteiger partial charge on any atom is -0.377 e. The van der Waals surface area contributed by atoms with E-state index in [1.807, 2.05) is 13.8 Å². The summed E-state index contributed by atoms with van der Waals surface area (Å²) in [5.74, 6) is 0.491. The lowest BCUT2D eigenvalue weighted by atomic mass is 10.4. The van der Waals surface area contributed by atoms with Gasteiger partial charge in [-0.05, 0) is 19.9 Å². The molecule has 1 amide bonds. The summed E-state index contributed by atoms with van der Waals surface area (Å²) in [5.41, 5.74) is 0.357. The van der Waals surface area contributed by atoms with Gasteiger partial charge in [0, 0.05) is 19.3 Å². The normalized spacial score (nSPS) is 11.0. The molecule has 2 aromatic rings. The van der Waals surface area contributed by atoms with Crippen molar-refractivity contribution in [3.63, 3.8) is 0 Å². The number of carbonyl (C=O) groups excluding carboxylic acids is 1. The third-order valence-corrected chi connectivity index (χ3v) is 2.55. The average molecular weight is 279 g/mol. The number of rotatable bonds is 6. The summed E-state index contributed by atoms with van der Waals surface area (Å²) in [7, 11) is 1.54. The van der Waals surface area contributed by atoms with E-state index in [9.17, 15) is 4.79 Å². The second-order valence-electron chi connectivity index (χ2n) is 4.49. The lowest BCUT2D eigenvalue weighted by Gasteiger charge is -2.03. The zero-order valence-electron chi connectivity index (χ0n) is 11.7. The second-order valence-corrected chi connectivity index (χ2v) is 4.49. The molecule has 0 aliphatic rings. The van der Waals surface area contributed by atoms with Crippen LogP contribution >= 0.6 is 0 Å². The fourth-order valence-electron chi connectivity index (χ4n) is 1.54. The van der Waals surface area contributed by atoms with Crippen molar-refractivity contribution in [2.24, 2.45) is 0 Å². The standard InChI is InChI=1S/C12H17N5O3/c1-8(2)17-5-4-9(15-17)12(18)13-6-11-14-10(7-19-3)16-20-11/h4-5,8H,6-7H2,1-3H3,(H,13,18). The van der Waals surface area contributed by atoms with Crippen molar-refractivity contribution >= 4 is 5.91 Å². The Bertz CT molecular complexity index is 575. The number of hydrogen-bond donors (Lipinski definition) is 1. The molecule has 0 aromatic carbocycles. The number of nitrogens with one attached hydrogen (secondary N) is 1. The number of methoxy groups -OCH3 is 1. The molecule has 2 rings (SSSR count). The molecule has 0 radical (unpaired) electrons. The summed E-state index contributed by atoms with van der Waals surface area (Å²) in [5, 5.41) is 10.5. The van der Waals surface area contributed by atoms with E-state index in [0.29, 0.717) is 17.4 Å². The van der Waals surface area contributed by atoms with Gasteiger partial charge >= 0.3 is 0 Å². The van der Waals surface area contributed by atoms with Gasteiger partial charge in [0.15, 0.2) is 5.82 Å². The van der Waals surface area contributed by atoms with Gasteiger partial charge < -0.3 is 14.6 Å². The van der Waals surface area contributed by atoms with E-state index in [4.69, 9.17) is 9.26 Å². The molecule has 0 saturated heterocycles. The minimum atomic E-state index is -0.282. The van der Waals surface area contributed by atoms with Gasteiger partial charge in [0.1, 0.15) is 12.3 Å². The van der Waals surface area contributed by atoms with Gasteiger partial charge in [-0.15, -0.1) is 0 Å². The fraction of sp³-hybridized carbons (Fsp3) is 0.500. The van der Waals surface area contributed by atoms with Crippen LogP contribution in [0.2, 0.25) is 0 Å². The molecule has 0 fully saturated rings. The van der Waals surface area contributed by atoms with Gasteiger partial charge in [-0.3, -0.25) is 9.48 Å².